The summed E-state index contributed by atoms with van der Waals surface area (Å²) in [4.78, 5) is 13.2. The van der Waals surface area contributed by atoms with Crippen LogP contribution in [0, 0.1) is 9.39 Å². The van der Waals surface area contributed by atoms with Crippen molar-refractivity contribution in [1.82, 2.24) is 10.6 Å². The van der Waals surface area contributed by atoms with Crippen molar-refractivity contribution >= 4 is 28.6 Å². The number of benzene rings is 3. The standard InChI is InChI=1S/C27H25F4IN2O/c28-22-15-20(14-21(16-22)27(29,30)31)26(17-18-6-2-1-3-7-18,19-10-12-23(32)13-11-19)34-25(35)33-24-8-4-5-9-24/h1-3,6-7,10-16,24H,4-5,8-9,17H2,(H2,33,34,35)/t26-/m1/s1. The van der Waals surface area contributed by atoms with E-state index >= 15 is 0 Å². The molecule has 0 radical (unpaired) electrons. The van der Waals surface area contributed by atoms with Crippen LogP contribution >= 0.6 is 22.6 Å². The van der Waals surface area contributed by atoms with Gasteiger partial charge in [0.2, 0.25) is 0 Å². The van der Waals surface area contributed by atoms with Gasteiger partial charge in [0, 0.05) is 16.0 Å². The maximum Gasteiger partial charge on any atom is 0.416 e. The van der Waals surface area contributed by atoms with Crippen molar-refractivity contribution < 1.29 is 22.4 Å². The lowest BCUT2D eigenvalue weighted by molar-refractivity contribution is -0.137. The Kier molecular flexibility index (Phi) is 7.68. The molecular weight excluding hydrogens is 571 g/mol. The largest absolute Gasteiger partial charge is 0.416 e. The normalized spacial score (nSPS) is 16.0. The Labute approximate surface area is 215 Å². The zero-order valence-corrected chi connectivity index (χ0v) is 21.0. The highest BCUT2D eigenvalue weighted by Gasteiger charge is 2.40. The van der Waals surface area contributed by atoms with Crippen molar-refractivity contribution in [3.8, 4) is 0 Å². The second-order valence-corrected chi connectivity index (χ2v) is 10.1. The number of rotatable bonds is 6. The molecule has 8 heteroatoms. The fourth-order valence-electron chi connectivity index (χ4n) is 4.68. The summed E-state index contributed by atoms with van der Waals surface area (Å²) in [6, 6.07) is 18.3. The molecule has 3 aromatic carbocycles. The van der Waals surface area contributed by atoms with Crippen LogP contribution in [-0.4, -0.2) is 12.1 Å². The molecule has 2 N–H and O–H groups in total. The van der Waals surface area contributed by atoms with E-state index in [1.165, 1.54) is 0 Å². The van der Waals surface area contributed by atoms with E-state index in [0.717, 1.165) is 46.9 Å². The molecule has 1 aliphatic carbocycles. The second-order valence-electron chi connectivity index (χ2n) is 8.88. The van der Waals surface area contributed by atoms with E-state index in [4.69, 9.17) is 0 Å². The number of urea groups is 1. The second kappa shape index (κ2) is 10.6. The van der Waals surface area contributed by atoms with E-state index < -0.39 is 29.1 Å². The summed E-state index contributed by atoms with van der Waals surface area (Å²) in [6.07, 6.45) is -0.894. The van der Waals surface area contributed by atoms with E-state index in [-0.39, 0.29) is 18.0 Å². The van der Waals surface area contributed by atoms with Crippen molar-refractivity contribution in [2.75, 3.05) is 0 Å². The Bertz CT molecular complexity index is 1160. The molecule has 1 atom stereocenters. The molecule has 0 bridgehead atoms. The zero-order valence-electron chi connectivity index (χ0n) is 18.8. The van der Waals surface area contributed by atoms with Gasteiger partial charge in [-0.2, -0.15) is 13.2 Å². The van der Waals surface area contributed by atoms with Gasteiger partial charge in [0.15, 0.2) is 0 Å². The van der Waals surface area contributed by atoms with Gasteiger partial charge in [-0.05, 0) is 82.5 Å². The number of nitrogens with one attached hydrogen (secondary N) is 2. The van der Waals surface area contributed by atoms with Crippen molar-refractivity contribution in [2.45, 2.75) is 49.9 Å². The van der Waals surface area contributed by atoms with Crippen molar-refractivity contribution in [3.05, 3.63) is 104 Å². The number of carbonyl (C=O) groups excluding carboxylic acids is 1. The summed E-state index contributed by atoms with van der Waals surface area (Å²) in [5.74, 6) is -1.02. The molecule has 0 saturated heterocycles. The lowest BCUT2D eigenvalue weighted by Gasteiger charge is -2.37. The molecular formula is C27H25F4IN2O. The van der Waals surface area contributed by atoms with Gasteiger partial charge < -0.3 is 10.6 Å². The van der Waals surface area contributed by atoms with Crippen LogP contribution in [0.15, 0.2) is 72.8 Å². The molecule has 0 unspecified atom stereocenters. The first-order valence-corrected chi connectivity index (χ1v) is 12.5. The number of hydrogen-bond donors (Lipinski definition) is 2. The third kappa shape index (κ3) is 6.15. The average molecular weight is 596 g/mol. The van der Waals surface area contributed by atoms with E-state index in [0.29, 0.717) is 11.6 Å². The van der Waals surface area contributed by atoms with Gasteiger partial charge in [0.05, 0.1) is 11.1 Å². The molecule has 1 aliphatic rings. The third-order valence-electron chi connectivity index (χ3n) is 6.38. The van der Waals surface area contributed by atoms with Crippen molar-refractivity contribution in [3.63, 3.8) is 0 Å². The number of hydrogen-bond acceptors (Lipinski definition) is 1. The predicted octanol–water partition coefficient (Wildman–Crippen LogP) is 7.18. The fourth-order valence-corrected chi connectivity index (χ4v) is 5.04. The number of alkyl halides is 3. The van der Waals surface area contributed by atoms with Crippen LogP contribution in [-0.2, 0) is 18.1 Å². The number of amides is 2. The first-order valence-electron chi connectivity index (χ1n) is 11.4. The fraction of sp³-hybridized carbons (Fsp3) is 0.296. The molecule has 4 rings (SSSR count). The lowest BCUT2D eigenvalue weighted by Crippen LogP contribution is -2.53. The molecule has 2 amide bonds. The molecule has 1 saturated carbocycles. The van der Waals surface area contributed by atoms with Crippen LogP contribution in [0.5, 0.6) is 0 Å². The summed E-state index contributed by atoms with van der Waals surface area (Å²) < 4.78 is 56.6. The summed E-state index contributed by atoms with van der Waals surface area (Å²) in [5.41, 5.74) is -1.19. The van der Waals surface area contributed by atoms with Crippen LogP contribution in [0.4, 0.5) is 22.4 Å². The highest BCUT2D eigenvalue weighted by molar-refractivity contribution is 14.1. The van der Waals surface area contributed by atoms with Gasteiger partial charge in [-0.3, -0.25) is 0 Å². The summed E-state index contributed by atoms with van der Waals surface area (Å²) in [7, 11) is 0. The van der Waals surface area contributed by atoms with Gasteiger partial charge in [-0.25, -0.2) is 9.18 Å². The van der Waals surface area contributed by atoms with Gasteiger partial charge in [0.1, 0.15) is 5.82 Å². The Hall–Kier alpha value is -2.62. The molecule has 184 valence electrons. The van der Waals surface area contributed by atoms with E-state index in [1.807, 2.05) is 42.5 Å². The molecule has 0 spiro atoms. The minimum atomic E-state index is -4.74. The smallest absolute Gasteiger partial charge is 0.335 e. The van der Waals surface area contributed by atoms with Crippen molar-refractivity contribution in [2.24, 2.45) is 0 Å². The summed E-state index contributed by atoms with van der Waals surface area (Å²) in [6.45, 7) is 0. The van der Waals surface area contributed by atoms with Crippen LogP contribution in [0.3, 0.4) is 0 Å². The highest BCUT2D eigenvalue weighted by Crippen LogP contribution is 2.38. The Morgan fingerprint density at radius 2 is 1.51 bits per heavy atom. The van der Waals surface area contributed by atoms with Crippen LogP contribution in [0.25, 0.3) is 0 Å². The van der Waals surface area contributed by atoms with E-state index in [1.54, 1.807) is 12.1 Å². The molecule has 3 aromatic rings. The van der Waals surface area contributed by atoms with Gasteiger partial charge >= 0.3 is 12.2 Å². The number of carbonyl (C=O) groups is 1. The Balaban J connectivity index is 1.89. The minimum absolute atomic E-state index is 0.000562. The minimum Gasteiger partial charge on any atom is -0.335 e. The number of halogens is 5. The van der Waals surface area contributed by atoms with Crippen LogP contribution in [0.2, 0.25) is 0 Å². The lowest BCUT2D eigenvalue weighted by atomic mass is 9.77. The SMILES string of the molecule is O=C(NC1CCCC1)N[C@](Cc1ccccc1)(c1ccc(I)cc1)c1cc(F)cc(C(F)(F)F)c1. The molecule has 0 aliphatic heterocycles. The van der Waals surface area contributed by atoms with Crippen molar-refractivity contribution in [1.29, 1.82) is 0 Å². The van der Waals surface area contributed by atoms with Crippen LogP contribution in [0.1, 0.15) is 47.9 Å². The monoisotopic (exact) mass is 596 g/mol. The molecule has 1 fully saturated rings. The Morgan fingerprint density at radius 3 is 2.14 bits per heavy atom. The maximum atomic E-state index is 14.6. The molecule has 0 aromatic heterocycles. The molecule has 3 nitrogen and oxygen atoms in total. The zero-order chi connectivity index (χ0) is 25.1. The van der Waals surface area contributed by atoms with Gasteiger partial charge in [-0.1, -0.05) is 55.3 Å². The quantitative estimate of drug-likeness (QED) is 0.230. The molecule has 35 heavy (non-hydrogen) atoms. The van der Waals surface area contributed by atoms with Crippen LogP contribution < -0.4 is 10.6 Å². The summed E-state index contributed by atoms with van der Waals surface area (Å²) >= 11 is 2.13. The molecule has 0 heterocycles. The van der Waals surface area contributed by atoms with E-state index in [2.05, 4.69) is 33.2 Å². The predicted molar refractivity (Wildman–Crippen MR) is 135 cm³/mol. The first-order chi connectivity index (χ1) is 16.7. The first kappa shape index (κ1) is 25.5. The van der Waals surface area contributed by atoms with E-state index in [9.17, 15) is 22.4 Å². The average Bonchev–Trinajstić information content (AvgIpc) is 3.31. The summed E-state index contributed by atoms with van der Waals surface area (Å²) in [5, 5.41) is 5.94. The highest BCUT2D eigenvalue weighted by atomic mass is 127. The Morgan fingerprint density at radius 1 is 0.886 bits per heavy atom. The van der Waals surface area contributed by atoms with Gasteiger partial charge in [0.25, 0.3) is 0 Å². The van der Waals surface area contributed by atoms with Gasteiger partial charge in [-0.15, -0.1) is 0 Å². The maximum absolute atomic E-state index is 14.6. The third-order valence-corrected chi connectivity index (χ3v) is 7.10. The topological polar surface area (TPSA) is 41.1 Å².